The predicted molar refractivity (Wildman–Crippen MR) is 84.7 cm³/mol. The first-order chi connectivity index (χ1) is 10.3. The van der Waals surface area contributed by atoms with Crippen molar-refractivity contribution in [3.63, 3.8) is 0 Å². The van der Waals surface area contributed by atoms with E-state index in [4.69, 9.17) is 15.2 Å². The fraction of sp³-hybridized carbons (Fsp3) is 0.667. The highest BCUT2D eigenvalue weighted by Gasteiger charge is 2.23. The van der Waals surface area contributed by atoms with E-state index in [0.29, 0.717) is 12.0 Å². The molecular weight excluding hydrogens is 262 g/mol. The lowest BCUT2D eigenvalue weighted by Gasteiger charge is -2.29. The van der Waals surface area contributed by atoms with Gasteiger partial charge in [-0.1, -0.05) is 18.2 Å². The Morgan fingerprint density at radius 2 is 2.05 bits per heavy atom. The zero-order valence-electron chi connectivity index (χ0n) is 12.8. The van der Waals surface area contributed by atoms with Crippen LogP contribution in [0, 0.1) is 0 Å². The third-order valence-electron chi connectivity index (χ3n) is 4.80. The quantitative estimate of drug-likeness (QED) is 0.900. The smallest absolute Gasteiger partial charge is 0.122 e. The fourth-order valence-corrected chi connectivity index (χ4v) is 3.58. The van der Waals surface area contributed by atoms with E-state index in [2.05, 4.69) is 18.2 Å². The van der Waals surface area contributed by atoms with Gasteiger partial charge in [-0.05, 0) is 62.5 Å². The van der Waals surface area contributed by atoms with Crippen LogP contribution in [0.3, 0.4) is 0 Å². The number of hydrogen-bond donors (Lipinski definition) is 1. The summed E-state index contributed by atoms with van der Waals surface area (Å²) in [6.45, 7) is 1.76. The Morgan fingerprint density at radius 3 is 2.90 bits per heavy atom. The van der Waals surface area contributed by atoms with Crippen molar-refractivity contribution in [2.24, 2.45) is 5.73 Å². The summed E-state index contributed by atoms with van der Waals surface area (Å²) in [5.74, 6) is 1.61. The van der Waals surface area contributed by atoms with Gasteiger partial charge < -0.3 is 15.2 Å². The number of rotatable bonds is 5. The maximum atomic E-state index is 6.38. The molecule has 0 bridgehead atoms. The molecular formula is C18H27NO2. The molecule has 1 saturated heterocycles. The molecule has 1 fully saturated rings. The topological polar surface area (TPSA) is 44.5 Å². The fourth-order valence-electron chi connectivity index (χ4n) is 3.58. The highest BCUT2D eigenvalue weighted by molar-refractivity contribution is 5.37. The van der Waals surface area contributed by atoms with Gasteiger partial charge in [-0.15, -0.1) is 0 Å². The van der Waals surface area contributed by atoms with E-state index in [-0.39, 0.29) is 6.04 Å². The molecule has 2 heterocycles. The van der Waals surface area contributed by atoms with Crippen molar-refractivity contribution in [2.45, 2.75) is 63.0 Å². The van der Waals surface area contributed by atoms with Gasteiger partial charge in [0.25, 0.3) is 0 Å². The summed E-state index contributed by atoms with van der Waals surface area (Å²) in [6, 6.07) is 8.68. The summed E-state index contributed by atoms with van der Waals surface area (Å²) in [5.41, 5.74) is 7.72. The van der Waals surface area contributed by atoms with E-state index < -0.39 is 0 Å². The van der Waals surface area contributed by atoms with E-state index >= 15 is 0 Å². The Morgan fingerprint density at radius 1 is 1.14 bits per heavy atom. The van der Waals surface area contributed by atoms with E-state index in [9.17, 15) is 0 Å². The van der Waals surface area contributed by atoms with Crippen LogP contribution in [-0.4, -0.2) is 25.4 Å². The zero-order valence-corrected chi connectivity index (χ0v) is 12.8. The number of nitrogens with two attached hydrogens (primary N) is 1. The molecule has 1 aromatic rings. The molecule has 3 heteroatoms. The predicted octanol–water partition coefficient (Wildman–Crippen LogP) is 3.62. The minimum absolute atomic E-state index is 0.270. The van der Waals surface area contributed by atoms with Crippen molar-refractivity contribution in [1.82, 2.24) is 0 Å². The molecule has 2 aliphatic heterocycles. The highest BCUT2D eigenvalue weighted by Crippen LogP contribution is 2.36. The third kappa shape index (κ3) is 3.98. The molecule has 0 aliphatic carbocycles. The first-order valence-electron chi connectivity index (χ1n) is 8.42. The largest absolute Gasteiger partial charge is 0.493 e. The Bertz CT molecular complexity index is 443. The molecule has 2 N–H and O–H groups in total. The van der Waals surface area contributed by atoms with E-state index in [1.807, 2.05) is 6.07 Å². The van der Waals surface area contributed by atoms with Crippen LogP contribution >= 0.6 is 0 Å². The molecule has 0 amide bonds. The van der Waals surface area contributed by atoms with Gasteiger partial charge in [0, 0.05) is 12.6 Å². The molecule has 0 radical (unpaired) electrons. The maximum Gasteiger partial charge on any atom is 0.122 e. The van der Waals surface area contributed by atoms with Crippen LogP contribution in [0.25, 0.3) is 0 Å². The maximum absolute atomic E-state index is 6.38. The van der Waals surface area contributed by atoms with Crippen LogP contribution in [0.2, 0.25) is 0 Å². The lowest BCUT2D eigenvalue weighted by molar-refractivity contribution is 0.00889. The average Bonchev–Trinajstić information content (AvgIpc) is 2.54. The number of fused-ring (bicyclic) bond motifs is 1. The van der Waals surface area contributed by atoms with E-state index in [1.54, 1.807) is 0 Å². The molecule has 1 aromatic carbocycles. The molecule has 3 atom stereocenters. The van der Waals surface area contributed by atoms with Crippen molar-refractivity contribution >= 4 is 0 Å². The molecule has 3 unspecified atom stereocenters. The number of hydrogen-bond acceptors (Lipinski definition) is 3. The Balaban J connectivity index is 1.49. The first-order valence-corrected chi connectivity index (χ1v) is 8.42. The Hall–Kier alpha value is -1.06. The minimum Gasteiger partial charge on any atom is -0.493 e. The standard InChI is InChI=1S/C18H27NO2/c19-15(8-9-16-5-3-4-11-20-16)13-14-10-12-21-18-7-2-1-6-17(14)18/h1-2,6-7,14-16H,3-5,8-13,19H2. The Kier molecular flexibility index (Phi) is 5.15. The zero-order chi connectivity index (χ0) is 14.5. The first kappa shape index (κ1) is 14.9. The summed E-state index contributed by atoms with van der Waals surface area (Å²) < 4.78 is 11.5. The average molecular weight is 289 g/mol. The second-order valence-corrected chi connectivity index (χ2v) is 6.43. The van der Waals surface area contributed by atoms with Crippen LogP contribution in [-0.2, 0) is 4.74 Å². The van der Waals surface area contributed by atoms with Crippen molar-refractivity contribution in [1.29, 1.82) is 0 Å². The molecule has 3 rings (SSSR count). The molecule has 0 spiro atoms. The lowest BCUT2D eigenvalue weighted by Crippen LogP contribution is -2.28. The van der Waals surface area contributed by atoms with Crippen molar-refractivity contribution in [3.8, 4) is 5.75 Å². The number of ether oxygens (including phenoxy) is 2. The van der Waals surface area contributed by atoms with Gasteiger partial charge in [0.05, 0.1) is 12.7 Å². The van der Waals surface area contributed by atoms with Gasteiger partial charge in [-0.25, -0.2) is 0 Å². The van der Waals surface area contributed by atoms with Crippen LogP contribution < -0.4 is 10.5 Å². The van der Waals surface area contributed by atoms with Crippen LogP contribution in [0.5, 0.6) is 5.75 Å². The number of benzene rings is 1. The third-order valence-corrected chi connectivity index (χ3v) is 4.80. The lowest BCUT2D eigenvalue weighted by atomic mass is 9.86. The number of para-hydroxylation sites is 1. The van der Waals surface area contributed by atoms with Crippen LogP contribution in [0.1, 0.15) is 56.4 Å². The monoisotopic (exact) mass is 289 g/mol. The van der Waals surface area contributed by atoms with Gasteiger partial charge in [0.2, 0.25) is 0 Å². The van der Waals surface area contributed by atoms with Gasteiger partial charge in [0.15, 0.2) is 0 Å². The summed E-state index contributed by atoms with van der Waals surface area (Å²) >= 11 is 0. The molecule has 116 valence electrons. The van der Waals surface area contributed by atoms with Crippen molar-refractivity contribution in [3.05, 3.63) is 29.8 Å². The molecule has 21 heavy (non-hydrogen) atoms. The highest BCUT2D eigenvalue weighted by atomic mass is 16.5. The SMILES string of the molecule is NC(CCC1CCCCO1)CC1CCOc2ccccc21. The second-order valence-electron chi connectivity index (χ2n) is 6.43. The molecule has 3 nitrogen and oxygen atoms in total. The van der Waals surface area contributed by atoms with Crippen molar-refractivity contribution in [2.75, 3.05) is 13.2 Å². The van der Waals surface area contributed by atoms with Gasteiger partial charge in [-0.2, -0.15) is 0 Å². The van der Waals surface area contributed by atoms with Crippen molar-refractivity contribution < 1.29 is 9.47 Å². The van der Waals surface area contributed by atoms with Gasteiger partial charge in [0.1, 0.15) is 5.75 Å². The van der Waals surface area contributed by atoms with E-state index in [1.165, 1.54) is 24.8 Å². The molecule has 0 aromatic heterocycles. The summed E-state index contributed by atoms with van der Waals surface area (Å²) in [6.07, 6.45) is 8.54. The second kappa shape index (κ2) is 7.28. The normalized spacial score (nSPS) is 26.7. The summed E-state index contributed by atoms with van der Waals surface area (Å²) in [4.78, 5) is 0. The summed E-state index contributed by atoms with van der Waals surface area (Å²) in [7, 11) is 0. The molecule has 0 saturated carbocycles. The van der Waals surface area contributed by atoms with Crippen LogP contribution in [0.4, 0.5) is 0 Å². The van der Waals surface area contributed by atoms with E-state index in [0.717, 1.165) is 44.6 Å². The molecule has 2 aliphatic rings. The van der Waals surface area contributed by atoms with Crippen LogP contribution in [0.15, 0.2) is 24.3 Å². The minimum atomic E-state index is 0.270. The van der Waals surface area contributed by atoms with Gasteiger partial charge >= 0.3 is 0 Å². The van der Waals surface area contributed by atoms with Gasteiger partial charge in [-0.3, -0.25) is 0 Å². The summed E-state index contributed by atoms with van der Waals surface area (Å²) in [5, 5.41) is 0. The Labute approximate surface area is 127 Å².